The molecule has 3 atom stereocenters. The smallest absolute Gasteiger partial charge is 0.150 e. The van der Waals surface area contributed by atoms with Crippen LogP contribution in [0.3, 0.4) is 0 Å². The zero-order chi connectivity index (χ0) is 10.8. The summed E-state index contributed by atoms with van der Waals surface area (Å²) in [5.74, 6) is 0.642. The highest BCUT2D eigenvalue weighted by atomic mass is 32.2. The van der Waals surface area contributed by atoms with Gasteiger partial charge in [0.25, 0.3) is 0 Å². The van der Waals surface area contributed by atoms with Gasteiger partial charge in [-0.1, -0.05) is 37.3 Å². The van der Waals surface area contributed by atoms with Crippen molar-refractivity contribution in [2.45, 2.75) is 30.8 Å². The summed E-state index contributed by atoms with van der Waals surface area (Å²) in [7, 11) is 0. The Labute approximate surface area is 95.3 Å². The fourth-order valence-corrected chi connectivity index (χ4v) is 3.52. The second-order valence-electron chi connectivity index (χ2n) is 4.18. The lowest BCUT2D eigenvalue weighted by Gasteiger charge is -2.12. The molecule has 1 aliphatic rings. The molecular weight excluding hydrogens is 204 g/mol. The van der Waals surface area contributed by atoms with Crippen molar-refractivity contribution in [1.29, 1.82) is 0 Å². The molecule has 1 saturated heterocycles. The molecule has 1 aromatic rings. The number of Topliss-reactive ketones (excluding diaryl/α,β-unsaturated/α-hetero) is 1. The van der Waals surface area contributed by atoms with E-state index in [1.54, 1.807) is 11.8 Å². The quantitative estimate of drug-likeness (QED) is 0.762. The van der Waals surface area contributed by atoms with Gasteiger partial charge in [0, 0.05) is 11.2 Å². The van der Waals surface area contributed by atoms with E-state index in [2.05, 4.69) is 19.1 Å². The second-order valence-corrected chi connectivity index (χ2v) is 5.90. The van der Waals surface area contributed by atoms with Gasteiger partial charge in [-0.25, -0.2) is 0 Å². The molecule has 1 aliphatic heterocycles. The molecule has 2 rings (SSSR count). The first kappa shape index (κ1) is 10.7. The zero-order valence-corrected chi connectivity index (χ0v) is 9.96. The normalized spacial score (nSPS) is 30.8. The molecule has 1 aromatic carbocycles. The van der Waals surface area contributed by atoms with Crippen molar-refractivity contribution in [3.05, 3.63) is 35.9 Å². The predicted molar refractivity (Wildman–Crippen MR) is 65.2 cm³/mol. The van der Waals surface area contributed by atoms with Crippen LogP contribution in [0.2, 0.25) is 0 Å². The highest BCUT2D eigenvalue weighted by Crippen LogP contribution is 2.36. The maximum absolute atomic E-state index is 11.9. The van der Waals surface area contributed by atoms with Crippen molar-refractivity contribution in [2.75, 3.05) is 0 Å². The topological polar surface area (TPSA) is 17.1 Å². The third kappa shape index (κ3) is 2.25. The lowest BCUT2D eigenvalue weighted by atomic mass is 9.92. The van der Waals surface area contributed by atoms with Crippen molar-refractivity contribution in [3.8, 4) is 0 Å². The molecule has 0 spiro atoms. The predicted octanol–water partition coefficient (Wildman–Crippen LogP) is 2.94. The number of ketones is 1. The third-order valence-electron chi connectivity index (χ3n) is 3.05. The number of rotatable bonds is 2. The summed E-state index contributed by atoms with van der Waals surface area (Å²) in [6.45, 7) is 4.19. The molecule has 0 aliphatic carbocycles. The summed E-state index contributed by atoms with van der Waals surface area (Å²) in [6.07, 6.45) is 0.901. The Morgan fingerprint density at radius 2 is 1.87 bits per heavy atom. The van der Waals surface area contributed by atoms with Crippen LogP contribution >= 0.6 is 11.8 Å². The Morgan fingerprint density at radius 1 is 1.20 bits per heavy atom. The Hall–Kier alpha value is -0.760. The van der Waals surface area contributed by atoms with Gasteiger partial charge in [-0.05, 0) is 18.9 Å². The first-order chi connectivity index (χ1) is 7.18. The largest absolute Gasteiger partial charge is 0.298 e. The molecule has 3 unspecified atom stereocenters. The standard InChI is InChI=1S/C13H16OS/c1-9-12(13(14)10(2)15-9)8-11-6-4-3-5-7-11/h3-7,9-10,12H,8H2,1-2H3. The zero-order valence-electron chi connectivity index (χ0n) is 9.14. The van der Waals surface area contributed by atoms with Gasteiger partial charge in [0.15, 0.2) is 0 Å². The van der Waals surface area contributed by atoms with Crippen LogP contribution in [0.25, 0.3) is 0 Å². The number of benzene rings is 1. The average molecular weight is 220 g/mol. The van der Waals surface area contributed by atoms with Gasteiger partial charge in [-0.15, -0.1) is 11.8 Å². The van der Waals surface area contributed by atoms with Crippen LogP contribution in [0.15, 0.2) is 30.3 Å². The van der Waals surface area contributed by atoms with Gasteiger partial charge in [0.2, 0.25) is 0 Å². The van der Waals surface area contributed by atoms with Crippen LogP contribution in [0, 0.1) is 5.92 Å². The number of hydrogen-bond acceptors (Lipinski definition) is 2. The van der Waals surface area contributed by atoms with E-state index < -0.39 is 0 Å². The van der Waals surface area contributed by atoms with E-state index in [1.807, 2.05) is 25.1 Å². The van der Waals surface area contributed by atoms with Crippen LogP contribution in [0.4, 0.5) is 0 Å². The fourth-order valence-electron chi connectivity index (χ4n) is 2.15. The maximum atomic E-state index is 11.9. The molecule has 80 valence electrons. The van der Waals surface area contributed by atoms with Crippen LogP contribution in [0.1, 0.15) is 19.4 Å². The minimum Gasteiger partial charge on any atom is -0.298 e. The lowest BCUT2D eigenvalue weighted by molar-refractivity contribution is -0.121. The molecule has 15 heavy (non-hydrogen) atoms. The minimum absolute atomic E-state index is 0.189. The van der Waals surface area contributed by atoms with Crippen molar-refractivity contribution in [1.82, 2.24) is 0 Å². The van der Waals surface area contributed by atoms with Crippen molar-refractivity contribution in [3.63, 3.8) is 0 Å². The summed E-state index contributed by atoms with van der Waals surface area (Å²) < 4.78 is 0. The first-order valence-electron chi connectivity index (χ1n) is 5.41. The SMILES string of the molecule is CC1SC(C)C(Cc2ccccc2)C1=O. The van der Waals surface area contributed by atoms with E-state index in [4.69, 9.17) is 0 Å². The third-order valence-corrected chi connectivity index (χ3v) is 4.45. The van der Waals surface area contributed by atoms with Crippen molar-refractivity contribution < 1.29 is 4.79 Å². The van der Waals surface area contributed by atoms with E-state index in [9.17, 15) is 4.79 Å². The summed E-state index contributed by atoms with van der Waals surface area (Å²) in [5, 5.41) is 0.654. The van der Waals surface area contributed by atoms with Crippen LogP contribution in [-0.4, -0.2) is 16.3 Å². The van der Waals surface area contributed by atoms with Gasteiger partial charge in [-0.3, -0.25) is 4.79 Å². The van der Waals surface area contributed by atoms with Crippen molar-refractivity contribution in [2.24, 2.45) is 5.92 Å². The Morgan fingerprint density at radius 3 is 2.40 bits per heavy atom. The molecule has 2 heteroatoms. The van der Waals surface area contributed by atoms with E-state index in [0.29, 0.717) is 11.0 Å². The van der Waals surface area contributed by atoms with E-state index in [1.165, 1.54) is 5.56 Å². The Kier molecular flexibility index (Phi) is 3.15. The number of carbonyl (C=O) groups excluding carboxylic acids is 1. The Bertz CT molecular complexity index is 347. The van der Waals surface area contributed by atoms with Crippen LogP contribution < -0.4 is 0 Å². The summed E-state index contributed by atoms with van der Waals surface area (Å²) in [5.41, 5.74) is 1.28. The maximum Gasteiger partial charge on any atom is 0.150 e. The molecule has 0 radical (unpaired) electrons. The second kappa shape index (κ2) is 4.40. The van der Waals surface area contributed by atoms with Gasteiger partial charge in [0.05, 0.1) is 5.25 Å². The summed E-state index contributed by atoms with van der Waals surface area (Å²) in [4.78, 5) is 11.9. The lowest BCUT2D eigenvalue weighted by Crippen LogP contribution is -2.21. The fraction of sp³-hybridized carbons (Fsp3) is 0.462. The van der Waals surface area contributed by atoms with Gasteiger partial charge < -0.3 is 0 Å². The number of thioether (sulfide) groups is 1. The van der Waals surface area contributed by atoms with E-state index in [0.717, 1.165) is 6.42 Å². The molecule has 0 amide bonds. The van der Waals surface area contributed by atoms with E-state index in [-0.39, 0.29) is 11.2 Å². The molecule has 1 nitrogen and oxygen atoms in total. The highest BCUT2D eigenvalue weighted by Gasteiger charge is 2.37. The average Bonchev–Trinajstić information content (AvgIpc) is 2.47. The highest BCUT2D eigenvalue weighted by molar-refractivity contribution is 8.01. The minimum atomic E-state index is 0.189. The molecule has 0 aromatic heterocycles. The van der Waals surface area contributed by atoms with Crippen LogP contribution in [-0.2, 0) is 11.2 Å². The Balaban J connectivity index is 2.09. The van der Waals surface area contributed by atoms with E-state index >= 15 is 0 Å². The summed E-state index contributed by atoms with van der Waals surface area (Å²) >= 11 is 1.81. The molecular formula is C13H16OS. The van der Waals surface area contributed by atoms with Crippen LogP contribution in [0.5, 0.6) is 0 Å². The van der Waals surface area contributed by atoms with Gasteiger partial charge in [-0.2, -0.15) is 0 Å². The molecule has 1 fully saturated rings. The number of carbonyl (C=O) groups is 1. The summed E-state index contributed by atoms with van der Waals surface area (Å²) in [6, 6.07) is 10.3. The monoisotopic (exact) mass is 220 g/mol. The molecule has 0 saturated carbocycles. The van der Waals surface area contributed by atoms with Gasteiger partial charge >= 0.3 is 0 Å². The first-order valence-corrected chi connectivity index (χ1v) is 6.36. The number of hydrogen-bond donors (Lipinski definition) is 0. The molecule has 0 N–H and O–H groups in total. The molecule has 0 bridgehead atoms. The van der Waals surface area contributed by atoms with Crippen molar-refractivity contribution >= 4 is 17.5 Å². The van der Waals surface area contributed by atoms with Gasteiger partial charge in [0.1, 0.15) is 5.78 Å². The molecule has 1 heterocycles.